The van der Waals surface area contributed by atoms with Crippen molar-refractivity contribution in [2.24, 2.45) is 0 Å². The maximum atomic E-state index is 6.19. The summed E-state index contributed by atoms with van der Waals surface area (Å²) in [6.45, 7) is 5.03. The minimum Gasteiger partial charge on any atom is -0.489 e. The topological polar surface area (TPSA) is 9.23 Å². The normalized spacial score (nSPS) is 10.8. The quantitative estimate of drug-likeness (QED) is 0.543. The van der Waals surface area contributed by atoms with Crippen LogP contribution in [0.3, 0.4) is 0 Å². The lowest BCUT2D eigenvalue weighted by Gasteiger charge is -2.15. The van der Waals surface area contributed by atoms with Gasteiger partial charge in [-0.25, -0.2) is 0 Å². The van der Waals surface area contributed by atoms with Crippen molar-refractivity contribution >= 4 is 0 Å². The summed E-state index contributed by atoms with van der Waals surface area (Å²) in [7, 11) is 0. The molecule has 1 heteroatoms. The first-order valence-corrected chi connectivity index (χ1v) is 8.56. The van der Waals surface area contributed by atoms with Crippen molar-refractivity contribution in [3.63, 3.8) is 0 Å². The molecule has 3 aromatic carbocycles. The van der Waals surface area contributed by atoms with E-state index in [1.165, 1.54) is 22.3 Å². The van der Waals surface area contributed by atoms with E-state index in [9.17, 15) is 0 Å². The van der Waals surface area contributed by atoms with Gasteiger partial charge in [0, 0.05) is 6.42 Å². The van der Waals surface area contributed by atoms with Gasteiger partial charge in [-0.15, -0.1) is 0 Å². The molecule has 0 aromatic heterocycles. The van der Waals surface area contributed by atoms with E-state index in [0.717, 1.165) is 12.2 Å². The van der Waals surface area contributed by atoms with Crippen LogP contribution >= 0.6 is 0 Å². The molecule has 3 rings (SSSR count). The van der Waals surface area contributed by atoms with Gasteiger partial charge in [-0.05, 0) is 34.2 Å². The summed E-state index contributed by atoms with van der Waals surface area (Å²) < 4.78 is 6.19. The number of ether oxygens (including phenoxy) is 1. The Balaban J connectivity index is 1.84. The van der Waals surface area contributed by atoms with Crippen molar-refractivity contribution in [2.75, 3.05) is 0 Å². The Hall–Kier alpha value is -2.54. The molecule has 0 aliphatic rings. The van der Waals surface area contributed by atoms with Gasteiger partial charge >= 0.3 is 0 Å². The van der Waals surface area contributed by atoms with Gasteiger partial charge in [0.15, 0.2) is 0 Å². The zero-order valence-corrected chi connectivity index (χ0v) is 14.4. The molecule has 0 radical (unpaired) electrons. The van der Waals surface area contributed by atoms with E-state index in [4.69, 9.17) is 4.74 Å². The first-order chi connectivity index (χ1) is 11.7. The number of hydrogen-bond acceptors (Lipinski definition) is 1. The molecule has 0 aliphatic carbocycles. The molecule has 0 heterocycles. The zero-order chi connectivity index (χ0) is 16.8. The Bertz CT molecular complexity index is 761. The SMILES string of the molecule is CC(C)c1ccc(Cc2ccccc2)c(OCc2ccccc2)c1. The molecule has 0 fully saturated rings. The second kappa shape index (κ2) is 7.83. The van der Waals surface area contributed by atoms with Crippen LogP contribution in [0, 0.1) is 0 Å². The molecule has 3 aromatic rings. The first-order valence-electron chi connectivity index (χ1n) is 8.56. The highest BCUT2D eigenvalue weighted by atomic mass is 16.5. The third-order valence-corrected chi connectivity index (χ3v) is 4.23. The fourth-order valence-electron chi connectivity index (χ4n) is 2.76. The second-order valence-corrected chi connectivity index (χ2v) is 6.46. The lowest BCUT2D eigenvalue weighted by molar-refractivity contribution is 0.303. The molecular weight excluding hydrogens is 292 g/mol. The van der Waals surface area contributed by atoms with E-state index < -0.39 is 0 Å². The largest absolute Gasteiger partial charge is 0.489 e. The lowest BCUT2D eigenvalue weighted by atomic mass is 9.98. The molecule has 0 bridgehead atoms. The van der Waals surface area contributed by atoms with Crippen LogP contribution in [-0.4, -0.2) is 0 Å². The molecule has 0 atom stereocenters. The van der Waals surface area contributed by atoms with Crippen LogP contribution in [0.1, 0.15) is 42.0 Å². The summed E-state index contributed by atoms with van der Waals surface area (Å²) in [6.07, 6.45) is 0.892. The van der Waals surface area contributed by atoms with Gasteiger partial charge < -0.3 is 4.74 Å². The van der Waals surface area contributed by atoms with Crippen LogP contribution in [0.4, 0.5) is 0 Å². The van der Waals surface area contributed by atoms with E-state index >= 15 is 0 Å². The van der Waals surface area contributed by atoms with Gasteiger partial charge in [0.05, 0.1) is 0 Å². The molecule has 0 N–H and O–H groups in total. The summed E-state index contributed by atoms with van der Waals surface area (Å²) in [5.41, 5.74) is 5.05. The van der Waals surface area contributed by atoms with Crippen molar-refractivity contribution in [2.45, 2.75) is 32.8 Å². The van der Waals surface area contributed by atoms with Crippen LogP contribution in [0.2, 0.25) is 0 Å². The van der Waals surface area contributed by atoms with E-state index in [1.54, 1.807) is 0 Å². The molecular formula is C23H24O. The van der Waals surface area contributed by atoms with Gasteiger partial charge in [-0.1, -0.05) is 86.6 Å². The minimum atomic E-state index is 0.495. The molecule has 122 valence electrons. The summed E-state index contributed by atoms with van der Waals surface area (Å²) in [5.74, 6) is 1.49. The summed E-state index contributed by atoms with van der Waals surface area (Å²) >= 11 is 0. The minimum absolute atomic E-state index is 0.495. The Morgan fingerprint density at radius 1 is 0.750 bits per heavy atom. The molecule has 0 amide bonds. The van der Waals surface area contributed by atoms with E-state index in [1.807, 2.05) is 18.2 Å². The van der Waals surface area contributed by atoms with Crippen LogP contribution in [0.5, 0.6) is 5.75 Å². The average Bonchev–Trinajstić information content (AvgIpc) is 2.62. The molecule has 0 saturated carbocycles. The summed E-state index contributed by atoms with van der Waals surface area (Å²) in [6, 6.07) is 27.5. The van der Waals surface area contributed by atoms with Crippen molar-refractivity contribution in [3.05, 3.63) is 101 Å². The molecule has 24 heavy (non-hydrogen) atoms. The third-order valence-electron chi connectivity index (χ3n) is 4.23. The fourth-order valence-corrected chi connectivity index (χ4v) is 2.76. The number of rotatable bonds is 6. The predicted octanol–water partition coefficient (Wildman–Crippen LogP) is 5.98. The number of hydrogen-bond donors (Lipinski definition) is 0. The van der Waals surface area contributed by atoms with Crippen molar-refractivity contribution in [1.82, 2.24) is 0 Å². The molecule has 0 unspecified atom stereocenters. The highest BCUT2D eigenvalue weighted by Gasteiger charge is 2.09. The van der Waals surface area contributed by atoms with Gasteiger partial charge in [0.1, 0.15) is 12.4 Å². The van der Waals surface area contributed by atoms with Crippen LogP contribution in [0.25, 0.3) is 0 Å². The molecule has 0 saturated heterocycles. The maximum Gasteiger partial charge on any atom is 0.123 e. The van der Waals surface area contributed by atoms with Gasteiger partial charge in [0.2, 0.25) is 0 Å². The van der Waals surface area contributed by atoms with E-state index in [0.29, 0.717) is 12.5 Å². The smallest absolute Gasteiger partial charge is 0.123 e. The molecule has 0 spiro atoms. The molecule has 1 nitrogen and oxygen atoms in total. The van der Waals surface area contributed by atoms with E-state index in [2.05, 4.69) is 74.5 Å². The summed E-state index contributed by atoms with van der Waals surface area (Å²) in [4.78, 5) is 0. The standard InChI is InChI=1S/C23H24O/c1-18(2)21-13-14-22(15-19-9-5-3-6-10-19)23(16-21)24-17-20-11-7-4-8-12-20/h3-14,16,18H,15,17H2,1-2H3. The maximum absolute atomic E-state index is 6.19. The zero-order valence-electron chi connectivity index (χ0n) is 14.4. The predicted molar refractivity (Wildman–Crippen MR) is 101 cm³/mol. The van der Waals surface area contributed by atoms with Crippen molar-refractivity contribution < 1.29 is 4.74 Å². The Kier molecular flexibility index (Phi) is 5.32. The van der Waals surface area contributed by atoms with Gasteiger partial charge in [-0.3, -0.25) is 0 Å². The van der Waals surface area contributed by atoms with Crippen LogP contribution in [0.15, 0.2) is 78.9 Å². The first kappa shape index (κ1) is 16.3. The molecule has 0 aliphatic heterocycles. The van der Waals surface area contributed by atoms with Gasteiger partial charge in [-0.2, -0.15) is 0 Å². The monoisotopic (exact) mass is 316 g/mol. The number of benzene rings is 3. The van der Waals surface area contributed by atoms with Crippen LogP contribution < -0.4 is 4.74 Å². The lowest BCUT2D eigenvalue weighted by Crippen LogP contribution is -2.01. The van der Waals surface area contributed by atoms with Gasteiger partial charge in [0.25, 0.3) is 0 Å². The van der Waals surface area contributed by atoms with Crippen molar-refractivity contribution in [3.8, 4) is 5.75 Å². The van der Waals surface area contributed by atoms with E-state index in [-0.39, 0.29) is 0 Å². The third kappa shape index (κ3) is 4.26. The second-order valence-electron chi connectivity index (χ2n) is 6.46. The Morgan fingerprint density at radius 3 is 2.00 bits per heavy atom. The highest BCUT2D eigenvalue weighted by molar-refractivity contribution is 5.41. The average molecular weight is 316 g/mol. The Morgan fingerprint density at radius 2 is 1.38 bits per heavy atom. The van der Waals surface area contributed by atoms with Crippen molar-refractivity contribution in [1.29, 1.82) is 0 Å². The summed E-state index contributed by atoms with van der Waals surface area (Å²) in [5, 5.41) is 0. The highest BCUT2D eigenvalue weighted by Crippen LogP contribution is 2.27. The van der Waals surface area contributed by atoms with Crippen LogP contribution in [-0.2, 0) is 13.0 Å². The Labute approximate surface area is 144 Å². The fraction of sp³-hybridized carbons (Fsp3) is 0.217.